The molecule has 0 bridgehead atoms. The third kappa shape index (κ3) is 3.32. The normalized spacial score (nSPS) is 10.8. The van der Waals surface area contributed by atoms with E-state index in [1.165, 1.54) is 0 Å². The summed E-state index contributed by atoms with van der Waals surface area (Å²) >= 11 is 5.85. The maximum Gasteiger partial charge on any atom is 0.255 e. The van der Waals surface area contributed by atoms with E-state index < -0.39 is 0 Å². The van der Waals surface area contributed by atoms with Gasteiger partial charge in [-0.2, -0.15) is 0 Å². The van der Waals surface area contributed by atoms with Crippen LogP contribution in [0.5, 0.6) is 0 Å². The molecule has 0 aliphatic heterocycles. The Morgan fingerprint density at radius 2 is 1.85 bits per heavy atom. The van der Waals surface area contributed by atoms with Gasteiger partial charge in [-0.25, -0.2) is 4.98 Å². The van der Waals surface area contributed by atoms with Crippen LogP contribution in [0.2, 0.25) is 5.02 Å². The highest BCUT2D eigenvalue weighted by atomic mass is 35.5. The maximum absolute atomic E-state index is 12.3. The number of halogens is 1. The largest absolute Gasteiger partial charge is 0.436 e. The number of hydrogen-bond donors (Lipinski definition) is 1. The highest BCUT2D eigenvalue weighted by Crippen LogP contribution is 2.27. The molecule has 5 heteroatoms. The van der Waals surface area contributed by atoms with Gasteiger partial charge >= 0.3 is 0 Å². The molecule has 4 rings (SSSR count). The lowest BCUT2D eigenvalue weighted by atomic mass is 10.1. The van der Waals surface area contributed by atoms with E-state index >= 15 is 0 Å². The molecule has 0 radical (unpaired) electrons. The molecule has 1 aromatic heterocycles. The zero-order chi connectivity index (χ0) is 18.1. The van der Waals surface area contributed by atoms with Gasteiger partial charge < -0.3 is 9.73 Å². The summed E-state index contributed by atoms with van der Waals surface area (Å²) in [5, 5.41) is 3.46. The van der Waals surface area contributed by atoms with E-state index in [0.29, 0.717) is 33.3 Å². The Kier molecular flexibility index (Phi) is 4.19. The van der Waals surface area contributed by atoms with Crippen molar-refractivity contribution in [2.45, 2.75) is 6.92 Å². The number of carbonyl (C=O) groups is 1. The number of hydrogen-bond acceptors (Lipinski definition) is 3. The zero-order valence-corrected chi connectivity index (χ0v) is 14.7. The van der Waals surface area contributed by atoms with Crippen LogP contribution in [0.25, 0.3) is 22.6 Å². The summed E-state index contributed by atoms with van der Waals surface area (Å²) < 4.78 is 5.83. The summed E-state index contributed by atoms with van der Waals surface area (Å²) in [5.74, 6) is 0.355. The van der Waals surface area contributed by atoms with Crippen LogP contribution in [0.1, 0.15) is 15.9 Å². The number of benzene rings is 3. The monoisotopic (exact) mass is 362 g/mol. The summed E-state index contributed by atoms with van der Waals surface area (Å²) in [7, 11) is 0. The maximum atomic E-state index is 12.3. The molecular weight excluding hydrogens is 348 g/mol. The van der Waals surface area contributed by atoms with E-state index in [4.69, 9.17) is 16.0 Å². The minimum atomic E-state index is -0.205. The van der Waals surface area contributed by atoms with Gasteiger partial charge in [0, 0.05) is 21.8 Å². The fourth-order valence-electron chi connectivity index (χ4n) is 2.71. The first-order chi connectivity index (χ1) is 12.6. The van der Waals surface area contributed by atoms with Crippen molar-refractivity contribution in [1.82, 2.24) is 4.98 Å². The second kappa shape index (κ2) is 6.65. The predicted octanol–water partition coefficient (Wildman–Crippen LogP) is 5.71. The number of amides is 1. The van der Waals surface area contributed by atoms with Crippen molar-refractivity contribution in [3.63, 3.8) is 0 Å². The number of fused-ring (bicyclic) bond motifs is 1. The number of nitrogens with zero attached hydrogens (tertiary/aromatic N) is 1. The lowest BCUT2D eigenvalue weighted by Gasteiger charge is -2.05. The average molecular weight is 363 g/mol. The van der Waals surface area contributed by atoms with Gasteiger partial charge in [0.05, 0.1) is 0 Å². The van der Waals surface area contributed by atoms with Crippen molar-refractivity contribution < 1.29 is 9.21 Å². The first-order valence-corrected chi connectivity index (χ1v) is 8.51. The van der Waals surface area contributed by atoms with E-state index in [9.17, 15) is 4.79 Å². The van der Waals surface area contributed by atoms with Gasteiger partial charge in [-0.1, -0.05) is 29.3 Å². The standard InChI is InChI=1S/C21H15ClN2O2/c1-13-3-2-4-15(11-13)21-24-18-12-17(9-10-19(18)26-21)23-20(25)14-5-7-16(22)8-6-14/h2-12H,1H3,(H,23,25). The molecule has 1 N–H and O–H groups in total. The van der Waals surface area contributed by atoms with E-state index in [0.717, 1.165) is 11.1 Å². The minimum Gasteiger partial charge on any atom is -0.436 e. The molecule has 4 aromatic rings. The van der Waals surface area contributed by atoms with Crippen LogP contribution in [0.4, 0.5) is 5.69 Å². The Bertz CT molecular complexity index is 1100. The molecule has 26 heavy (non-hydrogen) atoms. The summed E-state index contributed by atoms with van der Waals surface area (Å²) in [6, 6.07) is 20.1. The third-order valence-corrected chi connectivity index (χ3v) is 4.27. The van der Waals surface area contributed by atoms with Crippen molar-refractivity contribution in [2.24, 2.45) is 0 Å². The molecule has 0 fully saturated rings. The molecule has 0 aliphatic carbocycles. The van der Waals surface area contributed by atoms with Gasteiger partial charge in [-0.05, 0) is 61.5 Å². The first-order valence-electron chi connectivity index (χ1n) is 8.13. The highest BCUT2D eigenvalue weighted by Gasteiger charge is 2.11. The van der Waals surface area contributed by atoms with Crippen molar-refractivity contribution >= 4 is 34.3 Å². The van der Waals surface area contributed by atoms with E-state index in [1.54, 1.807) is 42.5 Å². The molecule has 1 amide bonds. The number of nitrogens with one attached hydrogen (secondary N) is 1. The Morgan fingerprint density at radius 1 is 1.04 bits per heavy atom. The molecule has 4 nitrogen and oxygen atoms in total. The quantitative estimate of drug-likeness (QED) is 0.508. The lowest BCUT2D eigenvalue weighted by Crippen LogP contribution is -2.11. The number of anilines is 1. The van der Waals surface area contributed by atoms with Crippen molar-refractivity contribution in [2.75, 3.05) is 5.32 Å². The van der Waals surface area contributed by atoms with E-state index in [1.807, 2.05) is 31.2 Å². The number of oxazole rings is 1. The number of carbonyl (C=O) groups excluding carboxylic acids is 1. The van der Waals surface area contributed by atoms with Gasteiger partial charge in [0.2, 0.25) is 5.89 Å². The van der Waals surface area contributed by atoms with Gasteiger partial charge in [-0.15, -0.1) is 0 Å². The summed E-state index contributed by atoms with van der Waals surface area (Å²) in [5.41, 5.74) is 4.62. The number of aromatic nitrogens is 1. The smallest absolute Gasteiger partial charge is 0.255 e. The molecule has 0 aliphatic rings. The van der Waals surface area contributed by atoms with Crippen LogP contribution >= 0.6 is 11.6 Å². The van der Waals surface area contributed by atoms with Crippen molar-refractivity contribution in [3.05, 3.63) is 82.9 Å². The fraction of sp³-hybridized carbons (Fsp3) is 0.0476. The van der Waals surface area contributed by atoms with Crippen LogP contribution in [0.3, 0.4) is 0 Å². The summed E-state index contributed by atoms with van der Waals surface area (Å²) in [6.07, 6.45) is 0. The van der Waals surface area contributed by atoms with Crippen LogP contribution in [-0.2, 0) is 0 Å². The van der Waals surface area contributed by atoms with Crippen molar-refractivity contribution in [1.29, 1.82) is 0 Å². The van der Waals surface area contributed by atoms with Gasteiger partial charge in [0.15, 0.2) is 5.58 Å². The second-order valence-electron chi connectivity index (χ2n) is 6.03. The molecule has 0 saturated carbocycles. The van der Waals surface area contributed by atoms with Gasteiger partial charge in [0.25, 0.3) is 5.91 Å². The third-order valence-electron chi connectivity index (χ3n) is 4.02. The fourth-order valence-corrected chi connectivity index (χ4v) is 2.84. The van der Waals surface area contributed by atoms with Crippen LogP contribution < -0.4 is 5.32 Å². The number of aryl methyl sites for hydroxylation is 1. The van der Waals surface area contributed by atoms with E-state index in [-0.39, 0.29) is 5.91 Å². The Balaban J connectivity index is 1.61. The average Bonchev–Trinajstić information content (AvgIpc) is 3.05. The van der Waals surface area contributed by atoms with Crippen LogP contribution in [-0.4, -0.2) is 10.9 Å². The van der Waals surface area contributed by atoms with Crippen LogP contribution in [0, 0.1) is 6.92 Å². The summed E-state index contributed by atoms with van der Waals surface area (Å²) in [6.45, 7) is 2.02. The SMILES string of the molecule is Cc1cccc(-c2nc3cc(NC(=O)c4ccc(Cl)cc4)ccc3o2)c1. The van der Waals surface area contributed by atoms with Crippen LogP contribution in [0.15, 0.2) is 71.1 Å². The first kappa shape index (κ1) is 16.4. The van der Waals surface area contributed by atoms with E-state index in [2.05, 4.69) is 10.3 Å². The zero-order valence-electron chi connectivity index (χ0n) is 14.0. The molecule has 0 atom stereocenters. The Morgan fingerprint density at radius 3 is 2.62 bits per heavy atom. The molecule has 0 saturated heterocycles. The molecule has 0 spiro atoms. The predicted molar refractivity (Wildman–Crippen MR) is 104 cm³/mol. The minimum absolute atomic E-state index is 0.205. The lowest BCUT2D eigenvalue weighted by molar-refractivity contribution is 0.102. The van der Waals surface area contributed by atoms with Gasteiger partial charge in [-0.3, -0.25) is 4.79 Å². The van der Waals surface area contributed by atoms with Gasteiger partial charge in [0.1, 0.15) is 5.52 Å². The topological polar surface area (TPSA) is 55.1 Å². The molecule has 0 unspecified atom stereocenters. The van der Waals surface area contributed by atoms with Crippen molar-refractivity contribution in [3.8, 4) is 11.5 Å². The second-order valence-corrected chi connectivity index (χ2v) is 6.47. The Hall–Kier alpha value is -3.11. The molecule has 3 aromatic carbocycles. The Labute approximate surface area is 155 Å². The molecular formula is C21H15ClN2O2. The molecule has 128 valence electrons. The summed E-state index contributed by atoms with van der Waals surface area (Å²) in [4.78, 5) is 16.9. The number of rotatable bonds is 3. The highest BCUT2D eigenvalue weighted by molar-refractivity contribution is 6.30. The molecule has 1 heterocycles.